The fraction of sp³-hybridized carbons (Fsp3) is 0.125. The topological polar surface area (TPSA) is 62.0 Å². The Balaban J connectivity index is 2.06. The molecule has 22 heavy (non-hydrogen) atoms. The summed E-state index contributed by atoms with van der Waals surface area (Å²) in [6.45, 7) is 3.10. The van der Waals surface area contributed by atoms with Crippen molar-refractivity contribution < 1.29 is 12.8 Å². The summed E-state index contributed by atoms with van der Waals surface area (Å²) < 4.78 is 41.3. The number of hydrogen-bond acceptors (Lipinski definition) is 2. The number of nitrogens with one attached hydrogen (secondary N) is 2. The van der Waals surface area contributed by atoms with Crippen LogP contribution in [-0.4, -0.2) is 13.4 Å². The zero-order valence-electron chi connectivity index (χ0n) is 12.1. The molecule has 0 saturated carbocycles. The second-order valence-corrected chi connectivity index (χ2v) is 6.91. The summed E-state index contributed by atoms with van der Waals surface area (Å²) in [4.78, 5) is 3.06. The molecule has 0 atom stereocenters. The number of benzene rings is 2. The maximum atomic E-state index is 13.7. The maximum absolute atomic E-state index is 13.7. The summed E-state index contributed by atoms with van der Waals surface area (Å²) in [6, 6.07) is 9.86. The lowest BCUT2D eigenvalue weighted by Crippen LogP contribution is -2.14. The number of hydrogen-bond donors (Lipinski definition) is 2. The number of rotatable bonds is 3. The van der Waals surface area contributed by atoms with E-state index in [2.05, 4.69) is 9.71 Å². The lowest BCUT2D eigenvalue weighted by molar-refractivity contribution is 0.595. The van der Waals surface area contributed by atoms with Crippen molar-refractivity contribution in [3.05, 3.63) is 59.5 Å². The summed E-state index contributed by atoms with van der Waals surface area (Å²) >= 11 is 0. The molecule has 0 aliphatic rings. The van der Waals surface area contributed by atoms with E-state index in [-0.39, 0.29) is 10.7 Å². The number of sulfonamides is 1. The van der Waals surface area contributed by atoms with Crippen LogP contribution >= 0.6 is 0 Å². The zero-order valence-corrected chi connectivity index (χ0v) is 13.0. The molecule has 0 amide bonds. The Morgan fingerprint density at radius 1 is 1.09 bits per heavy atom. The van der Waals surface area contributed by atoms with Crippen molar-refractivity contribution in [3.8, 4) is 0 Å². The van der Waals surface area contributed by atoms with Crippen LogP contribution in [0.4, 0.5) is 10.1 Å². The molecular formula is C16H15FN2O2S. The third-order valence-electron chi connectivity index (χ3n) is 3.55. The smallest absolute Gasteiger partial charge is 0.261 e. The first-order valence-electron chi connectivity index (χ1n) is 6.74. The highest BCUT2D eigenvalue weighted by Gasteiger charge is 2.18. The van der Waals surface area contributed by atoms with Crippen molar-refractivity contribution in [1.29, 1.82) is 0 Å². The van der Waals surface area contributed by atoms with Crippen LogP contribution < -0.4 is 4.72 Å². The molecule has 1 aromatic heterocycles. The highest BCUT2D eigenvalue weighted by atomic mass is 32.2. The van der Waals surface area contributed by atoms with Crippen molar-refractivity contribution in [2.24, 2.45) is 0 Å². The van der Waals surface area contributed by atoms with E-state index in [9.17, 15) is 12.8 Å². The molecule has 3 aromatic rings. The summed E-state index contributed by atoms with van der Waals surface area (Å²) in [6.07, 6.45) is 1.74. The van der Waals surface area contributed by atoms with E-state index in [0.717, 1.165) is 5.39 Å². The first-order valence-corrected chi connectivity index (χ1v) is 8.22. The molecule has 0 aliphatic heterocycles. The molecule has 0 bridgehead atoms. The Bertz CT molecular complexity index is 938. The molecule has 0 fully saturated rings. The van der Waals surface area contributed by atoms with E-state index in [4.69, 9.17) is 0 Å². The van der Waals surface area contributed by atoms with Crippen LogP contribution in [0, 0.1) is 19.7 Å². The first-order chi connectivity index (χ1) is 10.4. The van der Waals surface area contributed by atoms with E-state index < -0.39 is 10.0 Å². The van der Waals surface area contributed by atoms with E-state index in [1.807, 2.05) is 12.1 Å². The van der Waals surface area contributed by atoms with Crippen molar-refractivity contribution in [1.82, 2.24) is 4.98 Å². The van der Waals surface area contributed by atoms with Gasteiger partial charge in [0, 0.05) is 11.6 Å². The summed E-state index contributed by atoms with van der Waals surface area (Å²) in [5.74, 6) is -0.384. The van der Waals surface area contributed by atoms with Gasteiger partial charge in [-0.05, 0) is 49.2 Å². The van der Waals surface area contributed by atoms with Crippen molar-refractivity contribution in [2.75, 3.05) is 4.72 Å². The fourth-order valence-electron chi connectivity index (χ4n) is 2.43. The molecule has 0 spiro atoms. The quantitative estimate of drug-likeness (QED) is 0.773. The van der Waals surface area contributed by atoms with Crippen LogP contribution in [-0.2, 0) is 10.0 Å². The lowest BCUT2D eigenvalue weighted by Gasteiger charge is -2.11. The van der Waals surface area contributed by atoms with Gasteiger partial charge in [-0.25, -0.2) is 12.8 Å². The number of para-hydroxylation sites is 1. The van der Waals surface area contributed by atoms with Crippen LogP contribution in [0.3, 0.4) is 0 Å². The molecule has 114 valence electrons. The van der Waals surface area contributed by atoms with Crippen LogP contribution in [0.2, 0.25) is 0 Å². The fourth-order valence-corrected chi connectivity index (χ4v) is 3.68. The number of aryl methyl sites for hydroxylation is 2. The number of anilines is 1. The maximum Gasteiger partial charge on any atom is 0.261 e. The Labute approximate surface area is 128 Å². The minimum atomic E-state index is -3.78. The largest absolute Gasteiger partial charge is 0.359 e. The Morgan fingerprint density at radius 3 is 2.45 bits per heavy atom. The van der Waals surface area contributed by atoms with Gasteiger partial charge in [-0.15, -0.1) is 0 Å². The summed E-state index contributed by atoms with van der Waals surface area (Å²) in [7, 11) is -3.78. The van der Waals surface area contributed by atoms with E-state index in [0.29, 0.717) is 22.3 Å². The molecular weight excluding hydrogens is 303 g/mol. The summed E-state index contributed by atoms with van der Waals surface area (Å²) in [5.41, 5.74) is 1.78. The van der Waals surface area contributed by atoms with Crippen LogP contribution in [0.15, 0.2) is 47.5 Å². The SMILES string of the molecule is Cc1cc(S(=O)(=O)Nc2cccc3cc[nH]c23)cc(C)c1F. The standard InChI is InChI=1S/C16H15FN2O2S/c1-10-8-13(9-11(2)15(10)17)22(20,21)19-14-5-3-4-12-6-7-18-16(12)14/h3-9,18-19H,1-2H3. The predicted octanol–water partition coefficient (Wildman–Crippen LogP) is 3.72. The summed E-state index contributed by atoms with van der Waals surface area (Å²) in [5, 5.41) is 0.909. The average Bonchev–Trinajstić information content (AvgIpc) is 2.93. The van der Waals surface area contributed by atoms with Gasteiger partial charge in [0.1, 0.15) is 5.82 Å². The highest BCUT2D eigenvalue weighted by molar-refractivity contribution is 7.92. The van der Waals surface area contributed by atoms with Crippen molar-refractivity contribution in [2.45, 2.75) is 18.7 Å². The Hall–Kier alpha value is -2.34. The second-order valence-electron chi connectivity index (χ2n) is 5.22. The molecule has 2 N–H and O–H groups in total. The number of aromatic nitrogens is 1. The Kier molecular flexibility index (Phi) is 3.41. The van der Waals surface area contributed by atoms with Crippen LogP contribution in [0.5, 0.6) is 0 Å². The van der Waals surface area contributed by atoms with Crippen LogP contribution in [0.25, 0.3) is 10.9 Å². The van der Waals surface area contributed by atoms with Gasteiger partial charge in [-0.1, -0.05) is 12.1 Å². The molecule has 4 nitrogen and oxygen atoms in total. The van der Waals surface area contributed by atoms with Gasteiger partial charge in [-0.3, -0.25) is 4.72 Å². The molecule has 6 heteroatoms. The molecule has 0 radical (unpaired) electrons. The third-order valence-corrected chi connectivity index (χ3v) is 4.90. The highest BCUT2D eigenvalue weighted by Crippen LogP contribution is 2.25. The van der Waals surface area contributed by atoms with E-state index in [1.54, 1.807) is 32.2 Å². The Morgan fingerprint density at radius 2 is 1.77 bits per heavy atom. The minimum Gasteiger partial charge on any atom is -0.359 e. The average molecular weight is 318 g/mol. The normalized spacial score (nSPS) is 11.8. The number of halogens is 1. The van der Waals surface area contributed by atoms with Gasteiger partial charge in [0.2, 0.25) is 0 Å². The van der Waals surface area contributed by atoms with Gasteiger partial charge in [0.15, 0.2) is 0 Å². The predicted molar refractivity (Wildman–Crippen MR) is 85.0 cm³/mol. The second kappa shape index (κ2) is 5.14. The van der Waals surface area contributed by atoms with Crippen molar-refractivity contribution in [3.63, 3.8) is 0 Å². The molecule has 0 saturated heterocycles. The molecule has 2 aromatic carbocycles. The van der Waals surface area contributed by atoms with Crippen molar-refractivity contribution >= 4 is 26.6 Å². The van der Waals surface area contributed by atoms with Gasteiger partial charge in [0.25, 0.3) is 10.0 Å². The molecule has 0 unspecified atom stereocenters. The van der Waals surface area contributed by atoms with E-state index >= 15 is 0 Å². The van der Waals surface area contributed by atoms with Gasteiger partial charge in [-0.2, -0.15) is 0 Å². The molecule has 0 aliphatic carbocycles. The van der Waals surface area contributed by atoms with E-state index in [1.165, 1.54) is 12.1 Å². The van der Waals surface area contributed by atoms with Gasteiger partial charge >= 0.3 is 0 Å². The van der Waals surface area contributed by atoms with Gasteiger partial charge in [0.05, 0.1) is 16.1 Å². The molecule has 1 heterocycles. The zero-order chi connectivity index (χ0) is 15.9. The minimum absolute atomic E-state index is 0.0486. The lowest BCUT2D eigenvalue weighted by atomic mass is 10.1. The first kappa shape index (κ1) is 14.6. The van der Waals surface area contributed by atoms with Crippen LogP contribution in [0.1, 0.15) is 11.1 Å². The number of aromatic amines is 1. The third kappa shape index (κ3) is 2.46. The number of H-pyrrole nitrogens is 1. The molecule has 3 rings (SSSR count). The monoisotopic (exact) mass is 318 g/mol. The number of fused-ring (bicyclic) bond motifs is 1. The van der Waals surface area contributed by atoms with Gasteiger partial charge < -0.3 is 4.98 Å².